The SMILES string of the molecule is COC(=O)CCSC(C)C(=O)Nc1ccc(N)cc1. The van der Waals surface area contributed by atoms with Gasteiger partial charge in [-0.2, -0.15) is 0 Å². The molecule has 5 nitrogen and oxygen atoms in total. The van der Waals surface area contributed by atoms with Gasteiger partial charge in [-0.1, -0.05) is 0 Å². The number of amides is 1. The van der Waals surface area contributed by atoms with E-state index < -0.39 is 0 Å². The summed E-state index contributed by atoms with van der Waals surface area (Å²) in [6.45, 7) is 1.80. The maximum Gasteiger partial charge on any atom is 0.306 e. The van der Waals surface area contributed by atoms with Gasteiger partial charge < -0.3 is 15.8 Å². The molecule has 0 aliphatic rings. The molecule has 0 radical (unpaired) electrons. The van der Waals surface area contributed by atoms with Crippen LogP contribution >= 0.6 is 11.8 Å². The Balaban J connectivity index is 2.36. The van der Waals surface area contributed by atoms with Gasteiger partial charge in [0.15, 0.2) is 0 Å². The zero-order chi connectivity index (χ0) is 14.3. The van der Waals surface area contributed by atoms with Crippen LogP contribution in [-0.2, 0) is 14.3 Å². The number of nitrogen functional groups attached to an aromatic ring is 1. The Morgan fingerprint density at radius 3 is 2.58 bits per heavy atom. The number of nitrogens with one attached hydrogen (secondary N) is 1. The van der Waals surface area contributed by atoms with Gasteiger partial charge in [-0.15, -0.1) is 11.8 Å². The molecule has 19 heavy (non-hydrogen) atoms. The van der Waals surface area contributed by atoms with Crippen molar-refractivity contribution < 1.29 is 14.3 Å². The van der Waals surface area contributed by atoms with Crippen LogP contribution in [0.4, 0.5) is 11.4 Å². The first kappa shape index (κ1) is 15.4. The number of thioether (sulfide) groups is 1. The largest absolute Gasteiger partial charge is 0.469 e. The van der Waals surface area contributed by atoms with Crippen molar-refractivity contribution in [3.8, 4) is 0 Å². The average molecular weight is 282 g/mol. The molecule has 3 N–H and O–H groups in total. The number of hydrogen-bond acceptors (Lipinski definition) is 5. The van der Waals surface area contributed by atoms with Gasteiger partial charge in [-0.25, -0.2) is 0 Å². The van der Waals surface area contributed by atoms with E-state index in [1.807, 2.05) is 0 Å². The molecule has 104 valence electrons. The molecule has 1 unspecified atom stereocenters. The second-order valence-electron chi connectivity index (χ2n) is 3.95. The van der Waals surface area contributed by atoms with E-state index in [4.69, 9.17) is 5.73 Å². The Kier molecular flexibility index (Phi) is 6.21. The van der Waals surface area contributed by atoms with Crippen LogP contribution in [0.15, 0.2) is 24.3 Å². The Hall–Kier alpha value is -1.69. The van der Waals surface area contributed by atoms with Crippen LogP contribution < -0.4 is 11.1 Å². The molecule has 0 spiro atoms. The van der Waals surface area contributed by atoms with E-state index in [1.165, 1.54) is 18.9 Å². The number of hydrogen-bond donors (Lipinski definition) is 2. The normalized spacial score (nSPS) is 11.7. The van der Waals surface area contributed by atoms with Crippen LogP contribution in [0.3, 0.4) is 0 Å². The molecule has 6 heteroatoms. The summed E-state index contributed by atoms with van der Waals surface area (Å²) in [4.78, 5) is 22.8. The Morgan fingerprint density at radius 1 is 1.37 bits per heavy atom. The molecule has 1 atom stereocenters. The van der Waals surface area contributed by atoms with Crippen molar-refractivity contribution in [2.75, 3.05) is 23.9 Å². The highest BCUT2D eigenvalue weighted by Gasteiger charge is 2.14. The molecule has 0 aliphatic heterocycles. The summed E-state index contributed by atoms with van der Waals surface area (Å²) in [7, 11) is 1.35. The number of nitrogens with two attached hydrogens (primary N) is 1. The third-order valence-corrected chi connectivity index (χ3v) is 3.60. The van der Waals surface area contributed by atoms with Gasteiger partial charge in [-0.3, -0.25) is 9.59 Å². The van der Waals surface area contributed by atoms with Crippen molar-refractivity contribution >= 4 is 35.0 Å². The summed E-state index contributed by atoms with van der Waals surface area (Å²) in [5.74, 6) is 0.196. The van der Waals surface area contributed by atoms with Crippen molar-refractivity contribution in [2.45, 2.75) is 18.6 Å². The number of ether oxygens (including phenoxy) is 1. The maximum atomic E-state index is 11.9. The summed E-state index contributed by atoms with van der Waals surface area (Å²) in [6, 6.07) is 6.95. The first-order valence-electron chi connectivity index (χ1n) is 5.87. The molecule has 0 saturated carbocycles. The Bertz CT molecular complexity index is 434. The molecule has 0 saturated heterocycles. The molecule has 0 heterocycles. The second-order valence-corrected chi connectivity index (χ2v) is 5.40. The van der Waals surface area contributed by atoms with Gasteiger partial charge in [0.25, 0.3) is 0 Å². The standard InChI is InChI=1S/C13H18N2O3S/c1-9(19-8-7-12(16)18-2)13(17)15-11-5-3-10(14)4-6-11/h3-6,9H,7-8,14H2,1-2H3,(H,15,17). The molecule has 0 fully saturated rings. The van der Waals surface area contributed by atoms with Gasteiger partial charge in [0.05, 0.1) is 18.8 Å². The Morgan fingerprint density at radius 2 is 2.00 bits per heavy atom. The van der Waals surface area contributed by atoms with Crippen molar-refractivity contribution in [1.29, 1.82) is 0 Å². The summed E-state index contributed by atoms with van der Waals surface area (Å²) < 4.78 is 4.53. The molecule has 0 aliphatic carbocycles. The van der Waals surface area contributed by atoms with Crippen molar-refractivity contribution in [3.05, 3.63) is 24.3 Å². The highest BCUT2D eigenvalue weighted by atomic mass is 32.2. The van der Waals surface area contributed by atoms with Gasteiger partial charge in [-0.05, 0) is 31.2 Å². The topological polar surface area (TPSA) is 81.4 Å². The lowest BCUT2D eigenvalue weighted by molar-refractivity contribution is -0.140. The third kappa shape index (κ3) is 5.65. The van der Waals surface area contributed by atoms with Gasteiger partial charge in [0.2, 0.25) is 5.91 Å². The van der Waals surface area contributed by atoms with Gasteiger partial charge in [0, 0.05) is 17.1 Å². The number of carbonyl (C=O) groups excluding carboxylic acids is 2. The quantitative estimate of drug-likeness (QED) is 0.615. The summed E-state index contributed by atoms with van der Waals surface area (Å²) in [5.41, 5.74) is 6.92. The lowest BCUT2D eigenvalue weighted by Crippen LogP contribution is -2.23. The van der Waals surface area contributed by atoms with Gasteiger partial charge >= 0.3 is 5.97 Å². The first-order chi connectivity index (χ1) is 9.02. The molecular weight excluding hydrogens is 264 g/mol. The lowest BCUT2D eigenvalue weighted by Gasteiger charge is -2.11. The fraction of sp³-hybridized carbons (Fsp3) is 0.385. The smallest absolute Gasteiger partial charge is 0.306 e. The van der Waals surface area contributed by atoms with Crippen LogP contribution in [0, 0.1) is 0 Å². The van der Waals surface area contributed by atoms with Crippen LogP contribution in [0.1, 0.15) is 13.3 Å². The molecule has 1 aromatic carbocycles. The summed E-state index contributed by atoms with van der Waals surface area (Å²) in [6.07, 6.45) is 0.306. The van der Waals surface area contributed by atoms with Crippen LogP contribution in [0.25, 0.3) is 0 Å². The minimum Gasteiger partial charge on any atom is -0.469 e. The lowest BCUT2D eigenvalue weighted by atomic mass is 10.3. The fourth-order valence-electron chi connectivity index (χ4n) is 1.31. The van der Waals surface area contributed by atoms with Crippen LogP contribution in [0.5, 0.6) is 0 Å². The van der Waals surface area contributed by atoms with E-state index in [2.05, 4.69) is 10.1 Å². The highest BCUT2D eigenvalue weighted by molar-refractivity contribution is 8.00. The van der Waals surface area contributed by atoms with E-state index in [-0.39, 0.29) is 17.1 Å². The first-order valence-corrected chi connectivity index (χ1v) is 6.92. The number of benzene rings is 1. The van der Waals surface area contributed by atoms with E-state index in [0.717, 1.165) is 0 Å². The number of methoxy groups -OCH3 is 1. The third-order valence-electron chi connectivity index (χ3n) is 2.45. The molecular formula is C13H18N2O3S. The zero-order valence-electron chi connectivity index (χ0n) is 11.0. The molecule has 0 aromatic heterocycles. The highest BCUT2D eigenvalue weighted by Crippen LogP contribution is 2.16. The zero-order valence-corrected chi connectivity index (χ0v) is 11.8. The van der Waals surface area contributed by atoms with Gasteiger partial charge in [0.1, 0.15) is 0 Å². The second kappa shape index (κ2) is 7.68. The number of carbonyl (C=O) groups is 2. The summed E-state index contributed by atoms with van der Waals surface area (Å²) in [5, 5.41) is 2.56. The minimum atomic E-state index is -0.265. The Labute approximate surface area is 116 Å². The van der Waals surface area contributed by atoms with E-state index in [1.54, 1.807) is 31.2 Å². The predicted molar refractivity (Wildman–Crippen MR) is 78.0 cm³/mol. The number of anilines is 2. The van der Waals surface area contributed by atoms with Crippen LogP contribution in [-0.4, -0.2) is 30.0 Å². The van der Waals surface area contributed by atoms with E-state index >= 15 is 0 Å². The molecule has 1 amide bonds. The number of rotatable bonds is 6. The molecule has 0 bridgehead atoms. The van der Waals surface area contributed by atoms with Crippen molar-refractivity contribution in [3.63, 3.8) is 0 Å². The maximum absolute atomic E-state index is 11.9. The monoisotopic (exact) mass is 282 g/mol. The average Bonchev–Trinajstić information content (AvgIpc) is 2.40. The predicted octanol–water partition coefficient (Wildman–Crippen LogP) is 1.89. The molecule has 1 rings (SSSR count). The molecule has 1 aromatic rings. The number of esters is 1. The van der Waals surface area contributed by atoms with Crippen LogP contribution in [0.2, 0.25) is 0 Å². The summed E-state index contributed by atoms with van der Waals surface area (Å²) >= 11 is 1.41. The van der Waals surface area contributed by atoms with Crippen molar-refractivity contribution in [2.24, 2.45) is 0 Å². The van der Waals surface area contributed by atoms with E-state index in [0.29, 0.717) is 23.5 Å². The fourth-order valence-corrected chi connectivity index (χ4v) is 2.16. The minimum absolute atomic E-state index is 0.0976. The van der Waals surface area contributed by atoms with E-state index in [9.17, 15) is 9.59 Å². The van der Waals surface area contributed by atoms with Crippen molar-refractivity contribution in [1.82, 2.24) is 0 Å².